The van der Waals surface area contributed by atoms with Crippen LogP contribution in [0, 0.1) is 0 Å². The van der Waals surface area contributed by atoms with Gasteiger partial charge < -0.3 is 9.47 Å². The normalized spacial score (nSPS) is 21.0. The third-order valence-electron chi connectivity index (χ3n) is 3.00. The minimum absolute atomic E-state index is 0.267. The van der Waals surface area contributed by atoms with Crippen molar-refractivity contribution in [2.24, 2.45) is 9.98 Å². The molecular weight excluding hydrogens is 284 g/mol. The molecule has 22 heavy (non-hydrogen) atoms. The topological polar surface area (TPSA) is 77.3 Å². The maximum atomic E-state index is 11.5. The molecule has 0 unspecified atom stereocenters. The number of rotatable bonds is 2. The molecule has 6 nitrogen and oxygen atoms in total. The van der Waals surface area contributed by atoms with Crippen molar-refractivity contribution < 1.29 is 19.1 Å². The number of cyclic esters (lactones) is 2. The van der Waals surface area contributed by atoms with Crippen molar-refractivity contribution in [3.8, 4) is 0 Å². The van der Waals surface area contributed by atoms with Crippen LogP contribution in [-0.4, -0.2) is 23.7 Å². The van der Waals surface area contributed by atoms with Gasteiger partial charge in [0.05, 0.1) is 0 Å². The Kier molecular flexibility index (Phi) is 3.42. The molecule has 0 saturated carbocycles. The highest BCUT2D eigenvalue weighted by Gasteiger charge is 2.20. The first-order chi connectivity index (χ1) is 10.5. The lowest BCUT2D eigenvalue weighted by atomic mass is 10.1. The minimum Gasteiger partial charge on any atom is -0.407 e. The lowest BCUT2D eigenvalue weighted by Crippen LogP contribution is -2.00. The molecule has 0 aromatic heterocycles. The maximum Gasteiger partial charge on any atom is 0.363 e. The zero-order valence-electron chi connectivity index (χ0n) is 12.0. The number of esters is 2. The minimum atomic E-state index is -0.456. The highest BCUT2D eigenvalue weighted by atomic mass is 16.6. The standard InChI is InChI=1S/C16H12N2O4/c1-9-17-13(15(19)21-9)7-11-3-5-12(6-4-11)8-14-16(20)22-10(2)18-14/h3-8H,1-2H3/b13-7+,14-8+. The van der Waals surface area contributed by atoms with Crippen LogP contribution < -0.4 is 0 Å². The highest BCUT2D eigenvalue weighted by Crippen LogP contribution is 2.18. The second kappa shape index (κ2) is 5.40. The van der Waals surface area contributed by atoms with E-state index in [1.54, 1.807) is 26.0 Å². The molecule has 0 fully saturated rings. The number of carbonyl (C=O) groups excluding carboxylic acids is 2. The van der Waals surface area contributed by atoms with Crippen LogP contribution in [0.1, 0.15) is 25.0 Å². The highest BCUT2D eigenvalue weighted by molar-refractivity contribution is 6.07. The molecule has 1 aromatic carbocycles. The van der Waals surface area contributed by atoms with Crippen molar-refractivity contribution in [2.75, 3.05) is 0 Å². The fourth-order valence-corrected chi connectivity index (χ4v) is 2.04. The van der Waals surface area contributed by atoms with Gasteiger partial charge in [-0.3, -0.25) is 0 Å². The molecule has 0 bridgehead atoms. The van der Waals surface area contributed by atoms with Gasteiger partial charge in [-0.1, -0.05) is 24.3 Å². The Labute approximate surface area is 126 Å². The molecule has 0 saturated heterocycles. The number of hydrogen-bond acceptors (Lipinski definition) is 6. The first kappa shape index (κ1) is 13.9. The van der Waals surface area contributed by atoms with Gasteiger partial charge in [0.15, 0.2) is 23.2 Å². The fourth-order valence-electron chi connectivity index (χ4n) is 2.04. The van der Waals surface area contributed by atoms with E-state index in [0.29, 0.717) is 11.8 Å². The average Bonchev–Trinajstić information content (AvgIpc) is 2.94. The Hall–Kier alpha value is -3.02. The zero-order valence-corrected chi connectivity index (χ0v) is 12.0. The summed E-state index contributed by atoms with van der Waals surface area (Å²) in [6.45, 7) is 3.24. The summed E-state index contributed by atoms with van der Waals surface area (Å²) in [7, 11) is 0. The Morgan fingerprint density at radius 1 is 0.773 bits per heavy atom. The summed E-state index contributed by atoms with van der Waals surface area (Å²) < 4.78 is 9.69. The van der Waals surface area contributed by atoms with Gasteiger partial charge in [0.25, 0.3) is 0 Å². The van der Waals surface area contributed by atoms with Crippen LogP contribution in [-0.2, 0) is 19.1 Å². The van der Waals surface area contributed by atoms with E-state index in [2.05, 4.69) is 9.98 Å². The van der Waals surface area contributed by atoms with Crippen LogP contribution >= 0.6 is 0 Å². The van der Waals surface area contributed by atoms with E-state index in [9.17, 15) is 9.59 Å². The monoisotopic (exact) mass is 296 g/mol. The quantitative estimate of drug-likeness (QED) is 0.620. The van der Waals surface area contributed by atoms with Crippen molar-refractivity contribution in [3.05, 3.63) is 46.8 Å². The van der Waals surface area contributed by atoms with Crippen LogP contribution in [0.3, 0.4) is 0 Å². The summed E-state index contributed by atoms with van der Waals surface area (Å²) in [6.07, 6.45) is 3.28. The first-order valence-electron chi connectivity index (χ1n) is 6.60. The third kappa shape index (κ3) is 2.85. The molecule has 0 radical (unpaired) electrons. The molecule has 3 rings (SSSR count). The molecule has 2 aliphatic rings. The molecule has 2 heterocycles. The number of ether oxygens (including phenoxy) is 2. The maximum absolute atomic E-state index is 11.5. The summed E-state index contributed by atoms with van der Waals surface area (Å²) in [5, 5.41) is 0. The van der Waals surface area contributed by atoms with E-state index in [0.717, 1.165) is 11.1 Å². The van der Waals surface area contributed by atoms with Gasteiger partial charge in [0.2, 0.25) is 0 Å². The fraction of sp³-hybridized carbons (Fsp3) is 0.125. The van der Waals surface area contributed by atoms with Crippen molar-refractivity contribution in [3.63, 3.8) is 0 Å². The van der Waals surface area contributed by atoms with Gasteiger partial charge in [0, 0.05) is 13.8 Å². The number of hydrogen-bond donors (Lipinski definition) is 0. The third-order valence-corrected chi connectivity index (χ3v) is 3.00. The lowest BCUT2D eigenvalue weighted by molar-refractivity contribution is -0.130. The van der Waals surface area contributed by atoms with Crippen LogP contribution in [0.5, 0.6) is 0 Å². The predicted molar refractivity (Wildman–Crippen MR) is 80.8 cm³/mol. The van der Waals surface area contributed by atoms with Gasteiger partial charge in [0.1, 0.15) is 0 Å². The van der Waals surface area contributed by atoms with E-state index in [1.165, 1.54) is 0 Å². The number of carbonyl (C=O) groups is 2. The second-order valence-electron chi connectivity index (χ2n) is 4.77. The molecule has 0 atom stereocenters. The largest absolute Gasteiger partial charge is 0.407 e. The zero-order chi connectivity index (χ0) is 15.7. The molecule has 0 amide bonds. The summed E-state index contributed by atoms with van der Waals surface area (Å²) >= 11 is 0. The SMILES string of the molecule is CC1=N/C(=C/c2ccc(/C=C3/N=C(C)OC3=O)cc2)C(=O)O1. The molecule has 2 aliphatic heterocycles. The lowest BCUT2D eigenvalue weighted by Gasteiger charge is -1.97. The molecule has 110 valence electrons. The van der Waals surface area contributed by atoms with Crippen LogP contribution in [0.2, 0.25) is 0 Å². The van der Waals surface area contributed by atoms with E-state index in [1.807, 2.05) is 24.3 Å². The molecule has 0 aliphatic carbocycles. The van der Waals surface area contributed by atoms with Crippen molar-refractivity contribution in [1.29, 1.82) is 0 Å². The molecule has 6 heteroatoms. The van der Waals surface area contributed by atoms with Gasteiger partial charge in [-0.05, 0) is 23.3 Å². The molecule has 0 N–H and O–H groups in total. The summed E-state index contributed by atoms with van der Waals surface area (Å²) in [5.41, 5.74) is 2.15. The van der Waals surface area contributed by atoms with Crippen LogP contribution in [0.4, 0.5) is 0 Å². The Morgan fingerprint density at radius 3 is 1.41 bits per heavy atom. The van der Waals surface area contributed by atoms with Gasteiger partial charge in [-0.2, -0.15) is 0 Å². The molecular formula is C16H12N2O4. The van der Waals surface area contributed by atoms with E-state index >= 15 is 0 Å². The second-order valence-corrected chi connectivity index (χ2v) is 4.77. The average molecular weight is 296 g/mol. The molecule has 0 spiro atoms. The van der Waals surface area contributed by atoms with E-state index < -0.39 is 11.9 Å². The van der Waals surface area contributed by atoms with Gasteiger partial charge in [-0.25, -0.2) is 19.6 Å². The predicted octanol–water partition coefficient (Wildman–Crippen LogP) is 2.32. The summed E-state index contributed by atoms with van der Waals surface area (Å²) in [4.78, 5) is 31.0. The smallest absolute Gasteiger partial charge is 0.363 e. The number of benzene rings is 1. The Morgan fingerprint density at radius 2 is 1.14 bits per heavy atom. The van der Waals surface area contributed by atoms with Gasteiger partial charge in [-0.15, -0.1) is 0 Å². The van der Waals surface area contributed by atoms with Crippen molar-refractivity contribution >= 4 is 35.9 Å². The Balaban J connectivity index is 1.82. The Bertz CT molecular complexity index is 716. The van der Waals surface area contributed by atoms with Crippen LogP contribution in [0.15, 0.2) is 45.6 Å². The summed E-state index contributed by atoms with van der Waals surface area (Å²) in [5.74, 6) is -0.236. The van der Waals surface area contributed by atoms with Gasteiger partial charge >= 0.3 is 11.9 Å². The van der Waals surface area contributed by atoms with E-state index in [4.69, 9.17) is 9.47 Å². The summed E-state index contributed by atoms with van der Waals surface area (Å²) in [6, 6.07) is 7.25. The first-order valence-corrected chi connectivity index (χ1v) is 6.60. The van der Waals surface area contributed by atoms with Crippen LogP contribution in [0.25, 0.3) is 12.2 Å². The number of aliphatic imine (C=N–C) groups is 2. The van der Waals surface area contributed by atoms with Crippen molar-refractivity contribution in [2.45, 2.75) is 13.8 Å². The van der Waals surface area contributed by atoms with E-state index in [-0.39, 0.29) is 11.4 Å². The molecule has 1 aromatic rings. The van der Waals surface area contributed by atoms with Crippen molar-refractivity contribution in [1.82, 2.24) is 0 Å². The number of nitrogens with zero attached hydrogens (tertiary/aromatic N) is 2.